The van der Waals surface area contributed by atoms with E-state index in [0.29, 0.717) is 9.75 Å². The molecule has 0 aliphatic carbocycles. The molecule has 6 nitrogen and oxygen atoms in total. The number of nitrogens with one attached hydrogen (secondary N) is 1. The van der Waals surface area contributed by atoms with Crippen molar-refractivity contribution in [1.82, 2.24) is 20.1 Å². The van der Waals surface area contributed by atoms with Gasteiger partial charge in [-0.25, -0.2) is 9.67 Å². The number of aromatic nitrogens is 3. The Hall–Kier alpha value is -2.80. The van der Waals surface area contributed by atoms with Crippen LogP contribution in [-0.4, -0.2) is 26.5 Å². The standard InChI is InChI=1S/C18H18N4O2S/c1-11(21-18(24)16-8-7-15(25-16)13(3)23)14-10-20-22(12(14)2)17-6-4-5-9-19-17/h4-11H,1-3H3,(H,21,24)/t11-/m1/s1. The van der Waals surface area contributed by atoms with Gasteiger partial charge in [0.15, 0.2) is 11.6 Å². The van der Waals surface area contributed by atoms with E-state index in [-0.39, 0.29) is 17.7 Å². The Kier molecular flexibility index (Phi) is 4.76. The van der Waals surface area contributed by atoms with Crippen LogP contribution in [0, 0.1) is 6.92 Å². The van der Waals surface area contributed by atoms with Crippen LogP contribution in [-0.2, 0) is 0 Å². The molecule has 0 unspecified atom stereocenters. The maximum absolute atomic E-state index is 12.4. The number of carbonyl (C=O) groups excluding carboxylic acids is 2. The first kappa shape index (κ1) is 17.0. The Morgan fingerprint density at radius 2 is 1.96 bits per heavy atom. The van der Waals surface area contributed by atoms with Crippen molar-refractivity contribution in [3.63, 3.8) is 0 Å². The summed E-state index contributed by atoms with van der Waals surface area (Å²) in [5.41, 5.74) is 1.84. The van der Waals surface area contributed by atoms with Gasteiger partial charge in [0.2, 0.25) is 0 Å². The number of ketones is 1. The summed E-state index contributed by atoms with van der Waals surface area (Å²) in [5.74, 6) is 0.494. The van der Waals surface area contributed by atoms with Crippen LogP contribution in [0.3, 0.4) is 0 Å². The lowest BCUT2D eigenvalue weighted by molar-refractivity contribution is 0.0943. The van der Waals surface area contributed by atoms with Crippen LogP contribution >= 0.6 is 11.3 Å². The van der Waals surface area contributed by atoms with Crippen molar-refractivity contribution in [2.75, 3.05) is 0 Å². The molecule has 0 saturated carbocycles. The number of thiophene rings is 1. The number of Topliss-reactive ketones (excluding diaryl/α,β-unsaturated/α-hetero) is 1. The first-order valence-corrected chi connectivity index (χ1v) is 8.66. The molecule has 1 atom stereocenters. The molecule has 128 valence electrons. The highest BCUT2D eigenvalue weighted by Crippen LogP contribution is 2.21. The zero-order valence-electron chi connectivity index (χ0n) is 14.2. The van der Waals surface area contributed by atoms with Gasteiger partial charge in [0.05, 0.1) is 22.0 Å². The minimum Gasteiger partial charge on any atom is -0.345 e. The Morgan fingerprint density at radius 3 is 2.60 bits per heavy atom. The summed E-state index contributed by atoms with van der Waals surface area (Å²) in [5, 5.41) is 7.33. The van der Waals surface area contributed by atoms with E-state index < -0.39 is 0 Å². The highest BCUT2D eigenvalue weighted by atomic mass is 32.1. The van der Waals surface area contributed by atoms with Gasteiger partial charge < -0.3 is 5.32 Å². The van der Waals surface area contributed by atoms with Gasteiger partial charge >= 0.3 is 0 Å². The molecule has 0 aliphatic rings. The zero-order valence-corrected chi connectivity index (χ0v) is 15.0. The molecular formula is C18H18N4O2S. The molecule has 0 radical (unpaired) electrons. The minimum absolute atomic E-state index is 0.0374. The maximum Gasteiger partial charge on any atom is 0.261 e. The lowest BCUT2D eigenvalue weighted by Crippen LogP contribution is -2.26. The molecule has 7 heteroatoms. The second kappa shape index (κ2) is 6.98. The van der Waals surface area contributed by atoms with E-state index in [1.165, 1.54) is 18.3 Å². The summed E-state index contributed by atoms with van der Waals surface area (Å²) in [7, 11) is 0. The normalized spacial score (nSPS) is 12.0. The minimum atomic E-state index is -0.215. The molecule has 25 heavy (non-hydrogen) atoms. The van der Waals surface area contributed by atoms with E-state index in [2.05, 4.69) is 15.4 Å². The van der Waals surface area contributed by atoms with Gasteiger partial charge in [-0.2, -0.15) is 5.10 Å². The molecule has 0 saturated heterocycles. The Bertz CT molecular complexity index is 914. The molecule has 0 fully saturated rings. The SMILES string of the molecule is CC(=O)c1ccc(C(=O)N[C@H](C)c2cnn(-c3ccccn3)c2C)s1. The summed E-state index contributed by atoms with van der Waals surface area (Å²) in [4.78, 5) is 29.2. The fourth-order valence-electron chi connectivity index (χ4n) is 2.55. The van der Waals surface area contributed by atoms with Crippen molar-refractivity contribution in [3.8, 4) is 5.82 Å². The van der Waals surface area contributed by atoms with Gasteiger partial charge in [-0.15, -0.1) is 11.3 Å². The van der Waals surface area contributed by atoms with Gasteiger partial charge in [-0.1, -0.05) is 6.07 Å². The molecule has 3 aromatic rings. The van der Waals surface area contributed by atoms with E-state index in [1.807, 2.05) is 32.0 Å². The zero-order chi connectivity index (χ0) is 18.0. The van der Waals surface area contributed by atoms with Crippen LogP contribution in [0.4, 0.5) is 0 Å². The molecule has 0 aromatic carbocycles. The fourth-order valence-corrected chi connectivity index (χ4v) is 3.36. The van der Waals surface area contributed by atoms with E-state index in [9.17, 15) is 9.59 Å². The predicted molar refractivity (Wildman–Crippen MR) is 96.3 cm³/mol. The molecule has 3 rings (SSSR count). The Morgan fingerprint density at radius 1 is 1.20 bits per heavy atom. The fraction of sp³-hybridized carbons (Fsp3) is 0.222. The molecule has 3 heterocycles. The van der Waals surface area contributed by atoms with Crippen molar-refractivity contribution in [3.05, 3.63) is 63.7 Å². The number of rotatable bonds is 5. The largest absolute Gasteiger partial charge is 0.345 e. The maximum atomic E-state index is 12.4. The third-order valence-corrected chi connectivity index (χ3v) is 5.09. The summed E-state index contributed by atoms with van der Waals surface area (Å²) in [6.07, 6.45) is 3.45. The number of hydrogen-bond donors (Lipinski definition) is 1. The summed E-state index contributed by atoms with van der Waals surface area (Å²) >= 11 is 1.20. The van der Waals surface area contributed by atoms with Crippen LogP contribution in [0.5, 0.6) is 0 Å². The van der Waals surface area contributed by atoms with Crippen LogP contribution in [0.2, 0.25) is 0 Å². The number of amides is 1. The molecule has 1 amide bonds. The Labute approximate surface area is 149 Å². The van der Waals surface area contributed by atoms with Crippen LogP contribution in [0.15, 0.2) is 42.7 Å². The van der Waals surface area contributed by atoms with Gasteiger partial charge in [-0.3, -0.25) is 9.59 Å². The second-order valence-electron chi connectivity index (χ2n) is 5.70. The van der Waals surface area contributed by atoms with E-state index >= 15 is 0 Å². The third-order valence-electron chi connectivity index (χ3n) is 3.90. The lowest BCUT2D eigenvalue weighted by Gasteiger charge is -2.13. The number of hydrogen-bond acceptors (Lipinski definition) is 5. The number of nitrogens with zero attached hydrogens (tertiary/aromatic N) is 3. The molecule has 0 spiro atoms. The van der Waals surface area contributed by atoms with E-state index in [4.69, 9.17) is 0 Å². The van der Waals surface area contributed by atoms with Gasteiger partial charge in [-0.05, 0) is 45.0 Å². The van der Waals surface area contributed by atoms with Crippen molar-refractivity contribution < 1.29 is 9.59 Å². The first-order chi connectivity index (χ1) is 12.0. The van der Waals surface area contributed by atoms with E-state index in [0.717, 1.165) is 17.1 Å². The molecule has 0 aliphatic heterocycles. The summed E-state index contributed by atoms with van der Waals surface area (Å²) < 4.78 is 1.75. The van der Waals surface area contributed by atoms with Crippen molar-refractivity contribution in [2.24, 2.45) is 0 Å². The highest BCUT2D eigenvalue weighted by Gasteiger charge is 2.18. The summed E-state index contributed by atoms with van der Waals surface area (Å²) in [6.45, 7) is 5.34. The molecule has 0 bridgehead atoms. The molecular weight excluding hydrogens is 336 g/mol. The van der Waals surface area contributed by atoms with Gasteiger partial charge in [0.1, 0.15) is 0 Å². The first-order valence-electron chi connectivity index (χ1n) is 7.85. The van der Waals surface area contributed by atoms with E-state index in [1.54, 1.807) is 29.2 Å². The van der Waals surface area contributed by atoms with Gasteiger partial charge in [0, 0.05) is 17.5 Å². The summed E-state index contributed by atoms with van der Waals surface area (Å²) in [6, 6.07) is 8.76. The average Bonchev–Trinajstić information content (AvgIpc) is 3.22. The van der Waals surface area contributed by atoms with Crippen molar-refractivity contribution >= 4 is 23.0 Å². The van der Waals surface area contributed by atoms with Gasteiger partial charge in [0.25, 0.3) is 5.91 Å². The van der Waals surface area contributed by atoms with Crippen LogP contribution < -0.4 is 5.32 Å². The topological polar surface area (TPSA) is 76.9 Å². The predicted octanol–water partition coefficient (Wildman–Crippen LogP) is 3.33. The quantitative estimate of drug-likeness (QED) is 0.713. The van der Waals surface area contributed by atoms with Crippen LogP contribution in [0.1, 0.15) is 50.5 Å². The smallest absolute Gasteiger partial charge is 0.261 e. The highest BCUT2D eigenvalue weighted by molar-refractivity contribution is 7.15. The molecule has 3 aromatic heterocycles. The number of pyridine rings is 1. The average molecular weight is 354 g/mol. The Balaban J connectivity index is 1.77. The third kappa shape index (κ3) is 3.51. The second-order valence-corrected chi connectivity index (χ2v) is 6.78. The number of carbonyl (C=O) groups is 2. The van der Waals surface area contributed by atoms with Crippen molar-refractivity contribution in [1.29, 1.82) is 0 Å². The molecule has 1 N–H and O–H groups in total. The monoisotopic (exact) mass is 354 g/mol. The van der Waals surface area contributed by atoms with Crippen molar-refractivity contribution in [2.45, 2.75) is 26.8 Å². The lowest BCUT2D eigenvalue weighted by atomic mass is 10.1. The van der Waals surface area contributed by atoms with Crippen LogP contribution in [0.25, 0.3) is 5.82 Å².